The first kappa shape index (κ1) is 51.6. The largest absolute Gasteiger partial charge is 3.00 e. The van der Waals surface area contributed by atoms with Crippen molar-refractivity contribution < 1.29 is 70.8 Å². The minimum Gasteiger partial charge on any atom is -0.852 e. The van der Waals surface area contributed by atoms with Gasteiger partial charge in [-0.05, 0) is 0 Å². The van der Waals surface area contributed by atoms with Gasteiger partial charge in [0, 0.05) is 0 Å². The Bertz CT molecular complexity index is 499. The van der Waals surface area contributed by atoms with Crippen molar-refractivity contribution in [2.75, 3.05) is 0 Å². The topological polar surface area (TPSA) is 138 Å². The predicted molar refractivity (Wildman–Crippen MR) is 153 cm³/mol. The minimum absolute atomic E-state index is 0. The van der Waals surface area contributed by atoms with Crippen LogP contribution in [-0.2, 0) is 40.2 Å². The smallest absolute Gasteiger partial charge is 0.852 e. The third-order valence-electron chi connectivity index (χ3n) is 7.08. The second-order valence-electron chi connectivity index (χ2n) is 17.8. The van der Waals surface area contributed by atoms with E-state index in [1.165, 1.54) is 0 Å². The van der Waals surface area contributed by atoms with Crippen molar-refractivity contribution in [2.24, 2.45) is 32.5 Å². The van der Waals surface area contributed by atoms with Crippen LogP contribution in [0.3, 0.4) is 0 Å². The van der Waals surface area contributed by atoms with Crippen LogP contribution in [0.2, 0.25) is 0 Å². The van der Waals surface area contributed by atoms with E-state index in [2.05, 4.69) is 0 Å². The van der Waals surface area contributed by atoms with Gasteiger partial charge >= 0.3 is 40.2 Å². The van der Waals surface area contributed by atoms with Crippen LogP contribution in [0.4, 0.5) is 0 Å². The van der Waals surface area contributed by atoms with E-state index in [-0.39, 0.29) is 92.0 Å². The predicted octanol–water partition coefficient (Wildman–Crippen LogP) is 2.77. The van der Waals surface area contributed by atoms with Gasteiger partial charge in [-0.1, -0.05) is 176 Å². The molecule has 252 valence electrons. The molecular weight excluding hydrogens is 877 g/mol. The fourth-order valence-corrected chi connectivity index (χ4v) is 2.70. The Hall–Kier alpha value is 1.06. The Morgan fingerprint density at radius 3 is 0.390 bits per heavy atom. The molecule has 0 fully saturated rings. The second-order valence-corrected chi connectivity index (χ2v) is 17.8. The van der Waals surface area contributed by atoms with Crippen LogP contribution < -0.4 is 30.6 Å². The van der Waals surface area contributed by atoms with Gasteiger partial charge in [-0.3, -0.25) is 0 Å². The van der Waals surface area contributed by atoms with Crippen LogP contribution in [0.15, 0.2) is 0 Å². The minimum atomic E-state index is -0.755. The van der Waals surface area contributed by atoms with Crippen LogP contribution in [0.5, 0.6) is 0 Å². The molecule has 41 heavy (non-hydrogen) atoms. The van der Waals surface area contributed by atoms with Gasteiger partial charge in [-0.15, -0.1) is 36.6 Å². The molecule has 0 saturated heterocycles. The van der Waals surface area contributed by atoms with Crippen LogP contribution >= 0.6 is 0 Å². The molecule has 0 radical (unpaired) electrons. The van der Waals surface area contributed by atoms with Crippen molar-refractivity contribution in [2.45, 2.75) is 181 Å². The van der Waals surface area contributed by atoms with E-state index in [0.29, 0.717) is 0 Å². The summed E-state index contributed by atoms with van der Waals surface area (Å²) in [5.74, 6) is 0. The first-order chi connectivity index (χ1) is 16.6. The average molecular weight is 943 g/mol. The van der Waals surface area contributed by atoms with Gasteiger partial charge in [-0.25, -0.2) is 0 Å². The molecule has 0 bridgehead atoms. The Labute approximate surface area is 282 Å². The summed E-state index contributed by atoms with van der Waals surface area (Å²) < 4.78 is 0. The van der Waals surface area contributed by atoms with Crippen molar-refractivity contribution in [1.82, 2.24) is 0 Å². The Morgan fingerprint density at radius 1 is 0.268 bits per heavy atom. The summed E-state index contributed by atoms with van der Waals surface area (Å²) in [6, 6.07) is 0. The van der Waals surface area contributed by atoms with Gasteiger partial charge in [-0.2, -0.15) is 0 Å². The van der Waals surface area contributed by atoms with E-state index in [4.69, 9.17) is 0 Å². The molecule has 0 amide bonds. The van der Waals surface area contributed by atoms with Crippen molar-refractivity contribution in [3.8, 4) is 0 Å². The molecule has 0 aliphatic heterocycles. The molecule has 0 aromatic rings. The summed E-state index contributed by atoms with van der Waals surface area (Å²) in [6.45, 7) is 34.0. The molecule has 0 aliphatic carbocycles. The molecule has 0 aliphatic rings. The third-order valence-corrected chi connectivity index (χ3v) is 7.08. The van der Waals surface area contributed by atoms with Crippen molar-refractivity contribution in [3.05, 3.63) is 0 Å². The summed E-state index contributed by atoms with van der Waals surface area (Å²) in [4.78, 5) is 0. The zero-order valence-electron chi connectivity index (χ0n) is 29.7. The van der Waals surface area contributed by atoms with Gasteiger partial charge in [0.05, 0.1) is 0 Å². The van der Waals surface area contributed by atoms with E-state index in [9.17, 15) is 30.6 Å². The third kappa shape index (κ3) is 26.0. The van der Waals surface area contributed by atoms with Crippen LogP contribution in [-0.4, -0.2) is 36.6 Å². The number of rotatable bonds is 6. The van der Waals surface area contributed by atoms with E-state index in [1.807, 2.05) is 125 Å². The normalized spacial score (nSPS) is 17.6. The number of hydrogen-bond donors (Lipinski definition) is 0. The molecule has 6 atom stereocenters. The van der Waals surface area contributed by atoms with Gasteiger partial charge in [0.1, 0.15) is 0 Å². The summed E-state index contributed by atoms with van der Waals surface area (Å²) >= 11 is 0. The van der Waals surface area contributed by atoms with Gasteiger partial charge < -0.3 is 30.6 Å². The van der Waals surface area contributed by atoms with E-state index >= 15 is 0 Å². The quantitative estimate of drug-likeness (QED) is 0.402. The van der Waals surface area contributed by atoms with Crippen LogP contribution in [0.25, 0.3) is 0 Å². The fraction of sp³-hybridized carbons (Fsp3) is 1.00. The summed E-state index contributed by atoms with van der Waals surface area (Å²) in [7, 11) is 0. The Kier molecular flexibility index (Phi) is 24.6. The molecule has 6 unspecified atom stereocenters. The monoisotopic (exact) mass is 944 g/mol. The average Bonchev–Trinajstić information content (AvgIpc) is 2.64. The van der Waals surface area contributed by atoms with Gasteiger partial charge in [0.25, 0.3) is 0 Å². The molecule has 0 aromatic carbocycles. The zero-order chi connectivity index (χ0) is 32.6. The molecule has 0 saturated carbocycles. The summed E-state index contributed by atoms with van der Waals surface area (Å²) in [5, 5.41) is 69.6. The first-order valence-corrected chi connectivity index (χ1v) is 14.6. The van der Waals surface area contributed by atoms with Crippen molar-refractivity contribution in [3.63, 3.8) is 0 Å². The van der Waals surface area contributed by atoms with Crippen molar-refractivity contribution in [1.29, 1.82) is 0 Å². The van der Waals surface area contributed by atoms with Gasteiger partial charge in [0.2, 0.25) is 0 Å². The molecule has 0 heterocycles. The van der Waals surface area contributed by atoms with Crippen molar-refractivity contribution >= 4 is 0 Å². The number of hydrogen-bond acceptors (Lipinski definition) is 6. The fourth-order valence-electron chi connectivity index (χ4n) is 2.70. The van der Waals surface area contributed by atoms with Crippen LogP contribution in [0, 0.1) is 32.5 Å². The maximum absolute atomic E-state index is 11.6. The molecule has 0 N–H and O–H groups in total. The van der Waals surface area contributed by atoms with E-state index < -0.39 is 36.6 Å². The molecule has 0 aromatic heterocycles. The van der Waals surface area contributed by atoms with Crippen LogP contribution in [0.1, 0.15) is 144 Å². The maximum Gasteiger partial charge on any atom is 3.00 e. The molecular formula is C33H66Ir2O6. The molecule has 8 heteroatoms. The zero-order valence-corrected chi connectivity index (χ0v) is 34.5. The molecule has 6 nitrogen and oxygen atoms in total. The SMILES string of the molecule is CC(C)(C)C([O-])CC([O-])C(C)(C)C.CC(C)(C)C([O-])CC([O-])C(C)(C)C.CC(C)(C)C([O-])CC([O-])C(C)(C)C.[Ir+3].[Ir+3]. The molecule has 0 spiro atoms. The van der Waals surface area contributed by atoms with E-state index in [0.717, 1.165) is 0 Å². The van der Waals surface area contributed by atoms with E-state index in [1.54, 1.807) is 0 Å². The summed E-state index contributed by atoms with van der Waals surface area (Å²) in [5.41, 5.74) is -1.79. The molecule has 0 rings (SSSR count). The maximum atomic E-state index is 11.6. The summed E-state index contributed by atoms with van der Waals surface area (Å²) in [6.07, 6.45) is -3.84. The first-order valence-electron chi connectivity index (χ1n) is 14.6. The second kappa shape index (κ2) is 19.5. The standard InChI is InChI=1S/3C11H22O2.2Ir/c3*1-10(2,3)8(12)7-9(13)11(4,5)6;;/h3*8-9H,7H2,1-6H3;;/q3*-2;2*+3. The van der Waals surface area contributed by atoms with Gasteiger partial charge in [0.15, 0.2) is 0 Å². The Morgan fingerprint density at radius 2 is 0.341 bits per heavy atom. The Balaban J connectivity index is -0.000000154.